The Kier molecular flexibility index (Phi) is 4.03. The molecule has 1 atom stereocenters. The standard InChI is InChI=1S/C16H22N2O2/c19-14(10-17-13-8-9-13)11-18-15-6-2-1-4-12(15)5-3-7-16(18)20/h1-2,4,6,13-14,17,19H,3,5,7-11H2. The van der Waals surface area contributed by atoms with Crippen LogP contribution >= 0.6 is 0 Å². The molecule has 0 bridgehead atoms. The molecule has 0 radical (unpaired) electrons. The van der Waals surface area contributed by atoms with E-state index in [4.69, 9.17) is 0 Å². The molecule has 0 saturated heterocycles. The topological polar surface area (TPSA) is 52.6 Å². The molecular weight excluding hydrogens is 252 g/mol. The summed E-state index contributed by atoms with van der Waals surface area (Å²) in [6, 6.07) is 8.61. The number of hydrogen-bond donors (Lipinski definition) is 2. The quantitative estimate of drug-likeness (QED) is 0.855. The minimum Gasteiger partial charge on any atom is -0.390 e. The fraction of sp³-hybridized carbons (Fsp3) is 0.562. The first kappa shape index (κ1) is 13.6. The van der Waals surface area contributed by atoms with Crippen LogP contribution in [0.1, 0.15) is 31.2 Å². The van der Waals surface area contributed by atoms with Crippen LogP contribution in [0.15, 0.2) is 24.3 Å². The van der Waals surface area contributed by atoms with Crippen LogP contribution in [0.25, 0.3) is 0 Å². The number of hydrogen-bond acceptors (Lipinski definition) is 3. The number of carbonyl (C=O) groups is 1. The fourth-order valence-electron chi connectivity index (χ4n) is 2.75. The van der Waals surface area contributed by atoms with Gasteiger partial charge in [0.1, 0.15) is 0 Å². The first-order valence-corrected chi connectivity index (χ1v) is 7.54. The summed E-state index contributed by atoms with van der Waals surface area (Å²) in [6.45, 7) is 0.951. The minimum atomic E-state index is -0.509. The van der Waals surface area contributed by atoms with Crippen LogP contribution in [0, 0.1) is 0 Å². The van der Waals surface area contributed by atoms with Crippen LogP contribution in [0.3, 0.4) is 0 Å². The van der Waals surface area contributed by atoms with E-state index in [-0.39, 0.29) is 5.91 Å². The third kappa shape index (κ3) is 3.19. The Labute approximate surface area is 119 Å². The highest BCUT2D eigenvalue weighted by atomic mass is 16.3. The largest absolute Gasteiger partial charge is 0.390 e. The van der Waals surface area contributed by atoms with Crippen molar-refractivity contribution in [1.82, 2.24) is 5.32 Å². The van der Waals surface area contributed by atoms with Crippen LogP contribution in [0.5, 0.6) is 0 Å². The Morgan fingerprint density at radius 2 is 2.10 bits per heavy atom. The zero-order valence-corrected chi connectivity index (χ0v) is 11.7. The van der Waals surface area contributed by atoms with E-state index in [1.807, 2.05) is 18.2 Å². The molecule has 1 amide bonds. The highest BCUT2D eigenvalue weighted by Gasteiger charge is 2.26. The average Bonchev–Trinajstić information content (AvgIpc) is 3.27. The molecule has 1 aliphatic carbocycles. The van der Waals surface area contributed by atoms with Crippen LogP contribution < -0.4 is 10.2 Å². The fourth-order valence-corrected chi connectivity index (χ4v) is 2.75. The second-order valence-electron chi connectivity index (χ2n) is 5.82. The van der Waals surface area contributed by atoms with Crippen molar-refractivity contribution in [2.45, 2.75) is 44.2 Å². The van der Waals surface area contributed by atoms with Gasteiger partial charge in [-0.05, 0) is 37.3 Å². The van der Waals surface area contributed by atoms with E-state index in [9.17, 15) is 9.90 Å². The maximum atomic E-state index is 12.3. The number of carbonyl (C=O) groups excluding carboxylic acids is 1. The van der Waals surface area contributed by atoms with Gasteiger partial charge in [0, 0.05) is 24.7 Å². The molecule has 108 valence electrons. The second kappa shape index (κ2) is 5.94. The highest BCUT2D eigenvalue weighted by Crippen LogP contribution is 2.27. The zero-order valence-electron chi connectivity index (χ0n) is 11.7. The van der Waals surface area contributed by atoms with Crippen molar-refractivity contribution in [2.75, 3.05) is 18.0 Å². The van der Waals surface area contributed by atoms with Crippen molar-refractivity contribution in [3.63, 3.8) is 0 Å². The van der Waals surface area contributed by atoms with E-state index in [1.165, 1.54) is 18.4 Å². The predicted octanol–water partition coefficient (Wildman–Crippen LogP) is 1.47. The van der Waals surface area contributed by atoms with Gasteiger partial charge in [0.05, 0.1) is 12.6 Å². The molecule has 4 nitrogen and oxygen atoms in total. The van der Waals surface area contributed by atoms with E-state index in [0.717, 1.165) is 18.5 Å². The molecule has 0 aromatic heterocycles. The lowest BCUT2D eigenvalue weighted by Gasteiger charge is -2.26. The number of nitrogens with one attached hydrogen (secondary N) is 1. The molecule has 20 heavy (non-hydrogen) atoms. The number of aliphatic hydroxyl groups excluding tert-OH is 1. The number of nitrogens with zero attached hydrogens (tertiary/aromatic N) is 1. The first-order chi connectivity index (χ1) is 9.74. The van der Waals surface area contributed by atoms with Crippen LogP contribution in [0.2, 0.25) is 0 Å². The van der Waals surface area contributed by atoms with Gasteiger partial charge in [0.25, 0.3) is 0 Å². The minimum absolute atomic E-state index is 0.125. The SMILES string of the molecule is O=C1CCCc2ccccc2N1CC(O)CNC1CC1. The Hall–Kier alpha value is -1.39. The summed E-state index contributed by atoms with van der Waals surface area (Å²) in [6.07, 6.45) is 4.30. The number of β-amino-alcohol motifs (C(OH)–C–C–N with tert-alkyl or cyclic N) is 1. The molecule has 1 aromatic carbocycles. The Bertz CT molecular complexity index is 485. The monoisotopic (exact) mass is 274 g/mol. The molecule has 1 heterocycles. The molecule has 0 spiro atoms. The lowest BCUT2D eigenvalue weighted by atomic mass is 10.1. The number of fused-ring (bicyclic) bond motifs is 1. The number of aliphatic hydroxyl groups is 1. The van der Waals surface area contributed by atoms with Crippen LogP contribution in [0.4, 0.5) is 5.69 Å². The van der Waals surface area contributed by atoms with E-state index in [0.29, 0.717) is 25.6 Å². The maximum absolute atomic E-state index is 12.3. The number of para-hydroxylation sites is 1. The summed E-state index contributed by atoms with van der Waals surface area (Å²) in [5, 5.41) is 13.5. The summed E-state index contributed by atoms with van der Waals surface area (Å²) in [5.74, 6) is 0.125. The van der Waals surface area contributed by atoms with Gasteiger partial charge in [-0.3, -0.25) is 4.79 Å². The molecule has 2 N–H and O–H groups in total. The van der Waals surface area contributed by atoms with Gasteiger partial charge in [0.2, 0.25) is 5.91 Å². The van der Waals surface area contributed by atoms with E-state index in [2.05, 4.69) is 11.4 Å². The summed E-state index contributed by atoms with van der Waals surface area (Å²) < 4.78 is 0. The second-order valence-corrected chi connectivity index (χ2v) is 5.82. The molecule has 4 heteroatoms. The summed E-state index contributed by atoms with van der Waals surface area (Å²) >= 11 is 0. The molecule has 1 fully saturated rings. The third-order valence-electron chi connectivity index (χ3n) is 4.03. The molecular formula is C16H22N2O2. The molecule has 2 aliphatic rings. The highest BCUT2D eigenvalue weighted by molar-refractivity contribution is 5.94. The lowest BCUT2D eigenvalue weighted by Crippen LogP contribution is -2.41. The van der Waals surface area contributed by atoms with Gasteiger partial charge in [0.15, 0.2) is 0 Å². The molecule has 1 aromatic rings. The Morgan fingerprint density at radius 1 is 1.30 bits per heavy atom. The van der Waals surface area contributed by atoms with Crippen LogP contribution in [-0.2, 0) is 11.2 Å². The molecule has 1 unspecified atom stereocenters. The lowest BCUT2D eigenvalue weighted by molar-refractivity contribution is -0.118. The number of anilines is 1. The molecule has 1 saturated carbocycles. The van der Waals surface area contributed by atoms with E-state index in [1.54, 1.807) is 4.90 Å². The van der Waals surface area contributed by atoms with E-state index >= 15 is 0 Å². The molecule has 3 rings (SSSR count). The Balaban J connectivity index is 1.70. The van der Waals surface area contributed by atoms with Gasteiger partial charge < -0.3 is 15.3 Å². The zero-order chi connectivity index (χ0) is 13.9. The van der Waals surface area contributed by atoms with Gasteiger partial charge >= 0.3 is 0 Å². The van der Waals surface area contributed by atoms with Crippen molar-refractivity contribution in [3.8, 4) is 0 Å². The number of aryl methyl sites for hydroxylation is 1. The van der Waals surface area contributed by atoms with Gasteiger partial charge in [-0.15, -0.1) is 0 Å². The number of rotatable bonds is 5. The van der Waals surface area contributed by atoms with Crippen molar-refractivity contribution >= 4 is 11.6 Å². The number of amides is 1. The predicted molar refractivity (Wildman–Crippen MR) is 78.8 cm³/mol. The normalized spacial score (nSPS) is 20.4. The third-order valence-corrected chi connectivity index (χ3v) is 4.03. The number of benzene rings is 1. The average molecular weight is 274 g/mol. The maximum Gasteiger partial charge on any atom is 0.227 e. The van der Waals surface area contributed by atoms with Crippen LogP contribution in [-0.4, -0.2) is 36.2 Å². The van der Waals surface area contributed by atoms with E-state index < -0.39 is 6.10 Å². The van der Waals surface area contributed by atoms with Gasteiger partial charge in [-0.2, -0.15) is 0 Å². The summed E-state index contributed by atoms with van der Waals surface area (Å²) in [5.41, 5.74) is 2.18. The summed E-state index contributed by atoms with van der Waals surface area (Å²) in [7, 11) is 0. The Morgan fingerprint density at radius 3 is 2.90 bits per heavy atom. The van der Waals surface area contributed by atoms with Gasteiger partial charge in [-0.1, -0.05) is 18.2 Å². The molecule has 1 aliphatic heterocycles. The first-order valence-electron chi connectivity index (χ1n) is 7.54. The van der Waals surface area contributed by atoms with Crippen molar-refractivity contribution in [3.05, 3.63) is 29.8 Å². The van der Waals surface area contributed by atoms with Gasteiger partial charge in [-0.25, -0.2) is 0 Å². The smallest absolute Gasteiger partial charge is 0.227 e. The van der Waals surface area contributed by atoms with Crippen molar-refractivity contribution < 1.29 is 9.90 Å². The van der Waals surface area contributed by atoms with Crippen molar-refractivity contribution in [1.29, 1.82) is 0 Å². The van der Waals surface area contributed by atoms with Crippen molar-refractivity contribution in [2.24, 2.45) is 0 Å². The summed E-state index contributed by atoms with van der Waals surface area (Å²) in [4.78, 5) is 14.0.